The molecular weight excluding hydrogens is 178 g/mol. The molecular formula is C9H11N5. The summed E-state index contributed by atoms with van der Waals surface area (Å²) < 4.78 is 0. The molecule has 0 fully saturated rings. The molecule has 14 heavy (non-hydrogen) atoms. The fourth-order valence-electron chi connectivity index (χ4n) is 1.21. The number of hydrogen-bond donors (Lipinski definition) is 1. The summed E-state index contributed by atoms with van der Waals surface area (Å²) in [6.45, 7) is 4.41. The van der Waals surface area contributed by atoms with Crippen LogP contribution in [0, 0.1) is 0 Å². The van der Waals surface area contributed by atoms with E-state index in [9.17, 15) is 0 Å². The molecule has 2 aromatic heterocycles. The molecule has 0 saturated heterocycles. The van der Waals surface area contributed by atoms with E-state index >= 15 is 0 Å². The number of rotatable bonds is 3. The molecule has 0 unspecified atom stereocenters. The van der Waals surface area contributed by atoms with Gasteiger partial charge in [-0.15, -0.1) is 6.58 Å². The monoisotopic (exact) mass is 189 g/mol. The Bertz CT molecular complexity index is 414. The van der Waals surface area contributed by atoms with Crippen molar-refractivity contribution in [2.45, 2.75) is 0 Å². The Kier molecular flexibility index (Phi) is 2.14. The lowest BCUT2D eigenvalue weighted by Crippen LogP contribution is -2.17. The molecule has 0 saturated carbocycles. The van der Waals surface area contributed by atoms with Gasteiger partial charge in [0.1, 0.15) is 11.8 Å². The highest BCUT2D eigenvalue weighted by molar-refractivity contribution is 5.71. The van der Waals surface area contributed by atoms with Gasteiger partial charge in [-0.25, -0.2) is 9.97 Å². The van der Waals surface area contributed by atoms with Crippen molar-refractivity contribution < 1.29 is 0 Å². The first-order valence-electron chi connectivity index (χ1n) is 4.29. The van der Waals surface area contributed by atoms with E-state index in [-0.39, 0.29) is 0 Å². The minimum Gasteiger partial charge on any atom is -0.342 e. The SMILES string of the molecule is C=CCN(C)c1nc2ncncc2[nH]1. The first kappa shape index (κ1) is 8.68. The van der Waals surface area contributed by atoms with Crippen LogP contribution in [0.25, 0.3) is 11.2 Å². The van der Waals surface area contributed by atoms with Gasteiger partial charge in [0.25, 0.3) is 0 Å². The Hall–Kier alpha value is -1.91. The zero-order chi connectivity index (χ0) is 9.97. The van der Waals surface area contributed by atoms with Crippen molar-refractivity contribution in [2.75, 3.05) is 18.5 Å². The molecule has 0 aliphatic carbocycles. The lowest BCUT2D eigenvalue weighted by molar-refractivity contribution is 0.973. The van der Waals surface area contributed by atoms with E-state index in [0.717, 1.165) is 18.0 Å². The first-order chi connectivity index (χ1) is 6.81. The van der Waals surface area contributed by atoms with Crippen LogP contribution in [-0.4, -0.2) is 33.5 Å². The molecule has 5 heteroatoms. The van der Waals surface area contributed by atoms with Crippen LogP contribution in [0.3, 0.4) is 0 Å². The zero-order valence-electron chi connectivity index (χ0n) is 7.94. The van der Waals surface area contributed by atoms with Gasteiger partial charge in [0.05, 0.1) is 6.20 Å². The number of aromatic amines is 1. The second-order valence-electron chi connectivity index (χ2n) is 2.99. The normalized spacial score (nSPS) is 10.4. The van der Waals surface area contributed by atoms with Crippen LogP contribution >= 0.6 is 0 Å². The highest BCUT2D eigenvalue weighted by atomic mass is 15.2. The predicted octanol–water partition coefficient (Wildman–Crippen LogP) is 0.975. The molecule has 2 aromatic rings. The summed E-state index contributed by atoms with van der Waals surface area (Å²) in [7, 11) is 1.94. The number of nitrogens with zero attached hydrogens (tertiary/aromatic N) is 4. The third-order valence-corrected chi connectivity index (χ3v) is 1.91. The third-order valence-electron chi connectivity index (χ3n) is 1.91. The molecule has 0 aromatic carbocycles. The number of aromatic nitrogens is 4. The number of likely N-dealkylation sites (N-methyl/N-ethyl adjacent to an activating group) is 1. The van der Waals surface area contributed by atoms with Gasteiger partial charge in [-0.05, 0) is 0 Å². The number of nitrogens with one attached hydrogen (secondary N) is 1. The number of fused-ring (bicyclic) bond motifs is 1. The largest absolute Gasteiger partial charge is 0.342 e. The van der Waals surface area contributed by atoms with E-state index in [2.05, 4.69) is 26.5 Å². The summed E-state index contributed by atoms with van der Waals surface area (Å²) in [5, 5.41) is 0. The third kappa shape index (κ3) is 1.44. The number of imidazole rings is 1. The maximum atomic E-state index is 4.30. The van der Waals surface area contributed by atoms with E-state index < -0.39 is 0 Å². The topological polar surface area (TPSA) is 57.7 Å². The van der Waals surface area contributed by atoms with E-state index in [1.165, 1.54) is 6.33 Å². The average molecular weight is 189 g/mol. The maximum absolute atomic E-state index is 4.30. The molecule has 0 aliphatic rings. The smallest absolute Gasteiger partial charge is 0.205 e. The van der Waals surface area contributed by atoms with Crippen molar-refractivity contribution in [3.63, 3.8) is 0 Å². The Labute approximate surface area is 81.5 Å². The summed E-state index contributed by atoms with van der Waals surface area (Å²) in [6, 6.07) is 0. The zero-order valence-corrected chi connectivity index (χ0v) is 7.94. The molecule has 72 valence electrons. The van der Waals surface area contributed by atoms with E-state index in [4.69, 9.17) is 0 Å². The second kappa shape index (κ2) is 3.45. The molecule has 2 rings (SSSR count). The molecule has 0 amide bonds. The van der Waals surface area contributed by atoms with Crippen LogP contribution in [0.4, 0.5) is 5.95 Å². The standard InChI is InChI=1S/C9H11N5/c1-3-4-14(2)9-12-7-5-10-6-11-8(7)13-9/h3,5-6H,1,4H2,2H3,(H,10,11,12,13). The number of anilines is 1. The number of hydrogen-bond acceptors (Lipinski definition) is 4. The minimum absolute atomic E-state index is 0.686. The van der Waals surface area contributed by atoms with Gasteiger partial charge in [0, 0.05) is 13.6 Å². The van der Waals surface area contributed by atoms with Gasteiger partial charge < -0.3 is 9.88 Å². The van der Waals surface area contributed by atoms with Gasteiger partial charge in [0.15, 0.2) is 5.65 Å². The summed E-state index contributed by atoms with van der Waals surface area (Å²) >= 11 is 0. The van der Waals surface area contributed by atoms with Crippen LogP contribution in [0.15, 0.2) is 25.2 Å². The van der Waals surface area contributed by atoms with Crippen molar-refractivity contribution in [2.24, 2.45) is 0 Å². The molecule has 0 radical (unpaired) electrons. The lowest BCUT2D eigenvalue weighted by Gasteiger charge is -2.11. The molecule has 0 bridgehead atoms. The van der Waals surface area contributed by atoms with E-state index in [0.29, 0.717) is 5.65 Å². The summed E-state index contributed by atoms with van der Waals surface area (Å²) in [4.78, 5) is 17.3. The van der Waals surface area contributed by atoms with Crippen molar-refractivity contribution in [1.82, 2.24) is 19.9 Å². The predicted molar refractivity (Wildman–Crippen MR) is 55.2 cm³/mol. The highest BCUT2D eigenvalue weighted by Crippen LogP contribution is 2.12. The van der Waals surface area contributed by atoms with Crippen LogP contribution in [0.5, 0.6) is 0 Å². The van der Waals surface area contributed by atoms with Crippen LogP contribution < -0.4 is 4.90 Å². The fraction of sp³-hybridized carbons (Fsp3) is 0.222. The second-order valence-corrected chi connectivity index (χ2v) is 2.99. The van der Waals surface area contributed by atoms with Crippen LogP contribution in [0.2, 0.25) is 0 Å². The molecule has 1 N–H and O–H groups in total. The minimum atomic E-state index is 0.686. The highest BCUT2D eigenvalue weighted by Gasteiger charge is 2.05. The van der Waals surface area contributed by atoms with Crippen molar-refractivity contribution in [3.8, 4) is 0 Å². The lowest BCUT2D eigenvalue weighted by atomic mass is 10.6. The Morgan fingerprint density at radius 3 is 3.21 bits per heavy atom. The summed E-state index contributed by atoms with van der Waals surface area (Å²) in [5.41, 5.74) is 1.53. The molecule has 2 heterocycles. The molecule has 0 spiro atoms. The van der Waals surface area contributed by atoms with Gasteiger partial charge in [-0.3, -0.25) is 0 Å². The average Bonchev–Trinajstić information content (AvgIpc) is 2.61. The number of H-pyrrole nitrogens is 1. The molecule has 0 aliphatic heterocycles. The van der Waals surface area contributed by atoms with Gasteiger partial charge in [0.2, 0.25) is 5.95 Å². The van der Waals surface area contributed by atoms with Gasteiger partial charge >= 0.3 is 0 Å². The Balaban J connectivity index is 2.39. The molecule has 0 atom stereocenters. The van der Waals surface area contributed by atoms with Crippen molar-refractivity contribution >= 4 is 17.1 Å². The fourth-order valence-corrected chi connectivity index (χ4v) is 1.21. The van der Waals surface area contributed by atoms with Crippen LogP contribution in [0.1, 0.15) is 0 Å². The van der Waals surface area contributed by atoms with Gasteiger partial charge in [-0.2, -0.15) is 4.98 Å². The Morgan fingerprint density at radius 2 is 2.50 bits per heavy atom. The van der Waals surface area contributed by atoms with Gasteiger partial charge in [-0.1, -0.05) is 6.08 Å². The van der Waals surface area contributed by atoms with E-state index in [1.807, 2.05) is 18.0 Å². The summed E-state index contributed by atoms with van der Waals surface area (Å²) in [5.74, 6) is 0.778. The Morgan fingerprint density at radius 1 is 1.64 bits per heavy atom. The van der Waals surface area contributed by atoms with E-state index in [1.54, 1.807) is 6.20 Å². The maximum Gasteiger partial charge on any atom is 0.205 e. The summed E-state index contributed by atoms with van der Waals surface area (Å²) in [6.07, 6.45) is 5.01. The molecule has 5 nitrogen and oxygen atoms in total. The van der Waals surface area contributed by atoms with Crippen LogP contribution in [-0.2, 0) is 0 Å². The van der Waals surface area contributed by atoms with Crippen molar-refractivity contribution in [1.29, 1.82) is 0 Å². The quantitative estimate of drug-likeness (QED) is 0.731. The van der Waals surface area contributed by atoms with Crippen molar-refractivity contribution in [3.05, 3.63) is 25.2 Å². The first-order valence-corrected chi connectivity index (χ1v) is 4.29.